The van der Waals surface area contributed by atoms with Crippen LogP contribution in [0.1, 0.15) is 49.4 Å². The average molecular weight is 472 g/mol. The summed E-state index contributed by atoms with van der Waals surface area (Å²) in [6, 6.07) is 5.34. The number of rotatable bonds is 7. The van der Waals surface area contributed by atoms with Crippen LogP contribution in [0.4, 0.5) is 5.69 Å². The number of amides is 1. The Morgan fingerprint density at radius 3 is 2.81 bits per heavy atom. The third-order valence-electron chi connectivity index (χ3n) is 5.68. The van der Waals surface area contributed by atoms with Crippen LogP contribution in [-0.4, -0.2) is 35.8 Å². The lowest BCUT2D eigenvalue weighted by molar-refractivity contribution is -0.113. The summed E-state index contributed by atoms with van der Waals surface area (Å²) in [6.07, 6.45) is 3.35. The number of anilines is 1. The van der Waals surface area contributed by atoms with E-state index in [1.807, 2.05) is 0 Å². The van der Waals surface area contributed by atoms with Gasteiger partial charge < -0.3 is 14.8 Å². The van der Waals surface area contributed by atoms with Gasteiger partial charge >= 0.3 is 0 Å². The smallest absolute Gasteiger partial charge is 0.234 e. The molecule has 0 fully saturated rings. The largest absolute Gasteiger partial charge is 0.497 e. The van der Waals surface area contributed by atoms with Crippen LogP contribution in [0.15, 0.2) is 23.2 Å². The van der Waals surface area contributed by atoms with Crippen LogP contribution in [0.25, 0.3) is 10.2 Å². The van der Waals surface area contributed by atoms with E-state index < -0.39 is 0 Å². The minimum absolute atomic E-state index is 0.114. The molecule has 1 aliphatic carbocycles. The van der Waals surface area contributed by atoms with E-state index in [-0.39, 0.29) is 17.6 Å². The van der Waals surface area contributed by atoms with Gasteiger partial charge in [0, 0.05) is 22.2 Å². The van der Waals surface area contributed by atoms with Crippen LogP contribution in [0.5, 0.6) is 11.5 Å². The molecule has 0 saturated carbocycles. The highest BCUT2D eigenvalue weighted by Crippen LogP contribution is 2.41. The molecule has 4 rings (SSSR count). The van der Waals surface area contributed by atoms with Crippen LogP contribution < -0.4 is 14.8 Å². The Morgan fingerprint density at radius 2 is 2.09 bits per heavy atom. The fraction of sp³-hybridized carbons (Fsp3) is 0.458. The molecule has 0 aliphatic heterocycles. The predicted molar refractivity (Wildman–Crippen MR) is 132 cm³/mol. The molecular formula is C24H29N3O3S2. The Kier molecular flexibility index (Phi) is 6.90. The van der Waals surface area contributed by atoms with Gasteiger partial charge in [-0.2, -0.15) is 0 Å². The normalized spacial score (nSPS) is 15.6. The highest BCUT2D eigenvalue weighted by molar-refractivity contribution is 8.00. The standard InChI is InChI=1S/C24H29N3O3S2/c1-13(2)22-26-23(21-16-8-6-14(3)10-19(16)32-24(21)27-22)31-12-20(28)25-17-11-15(29-4)7-9-18(17)30-5/h7,9,11,13-14H,6,8,10,12H2,1-5H3,(H,25,28)/t14-/m0/s1. The Morgan fingerprint density at radius 1 is 1.28 bits per heavy atom. The summed E-state index contributed by atoms with van der Waals surface area (Å²) < 4.78 is 10.6. The Bertz CT molecular complexity index is 1140. The van der Waals surface area contributed by atoms with Crippen LogP contribution in [0.3, 0.4) is 0 Å². The summed E-state index contributed by atoms with van der Waals surface area (Å²) in [6.45, 7) is 6.52. The molecule has 0 spiro atoms. The zero-order valence-corrected chi connectivity index (χ0v) is 20.8. The van der Waals surface area contributed by atoms with E-state index in [1.54, 1.807) is 43.8 Å². The van der Waals surface area contributed by atoms with Crippen molar-refractivity contribution < 1.29 is 14.3 Å². The van der Waals surface area contributed by atoms with Crippen molar-refractivity contribution in [3.8, 4) is 11.5 Å². The second kappa shape index (κ2) is 9.67. The molecule has 1 atom stereocenters. The number of hydrogen-bond acceptors (Lipinski definition) is 7. The molecule has 32 heavy (non-hydrogen) atoms. The Balaban J connectivity index is 1.59. The second-order valence-corrected chi connectivity index (χ2v) is 10.5. The summed E-state index contributed by atoms with van der Waals surface area (Å²) >= 11 is 3.28. The van der Waals surface area contributed by atoms with Gasteiger partial charge in [-0.05, 0) is 42.9 Å². The van der Waals surface area contributed by atoms with Crippen molar-refractivity contribution in [2.75, 3.05) is 25.3 Å². The molecule has 8 heteroatoms. The summed E-state index contributed by atoms with van der Waals surface area (Å²) in [5.74, 6) is 3.16. The van der Waals surface area contributed by atoms with Crippen molar-refractivity contribution in [2.45, 2.75) is 51.0 Å². The molecule has 1 aromatic carbocycles. The quantitative estimate of drug-likeness (QED) is 0.353. The lowest BCUT2D eigenvalue weighted by atomic mass is 9.89. The number of benzene rings is 1. The summed E-state index contributed by atoms with van der Waals surface area (Å²) in [4.78, 5) is 25.0. The van der Waals surface area contributed by atoms with Crippen LogP contribution in [0.2, 0.25) is 0 Å². The lowest BCUT2D eigenvalue weighted by Gasteiger charge is -2.18. The molecule has 1 aliphatic rings. The van der Waals surface area contributed by atoms with Gasteiger partial charge in [0.25, 0.3) is 0 Å². The van der Waals surface area contributed by atoms with Gasteiger partial charge in [0.05, 0.1) is 25.7 Å². The van der Waals surface area contributed by atoms with Gasteiger partial charge in [-0.3, -0.25) is 4.79 Å². The monoisotopic (exact) mass is 471 g/mol. The number of aromatic nitrogens is 2. The Hall–Kier alpha value is -2.32. The number of thiophene rings is 1. The van der Waals surface area contributed by atoms with Gasteiger partial charge in [0.15, 0.2) is 0 Å². The van der Waals surface area contributed by atoms with E-state index >= 15 is 0 Å². The van der Waals surface area contributed by atoms with Gasteiger partial charge in [0.2, 0.25) is 5.91 Å². The number of thioether (sulfide) groups is 1. The van der Waals surface area contributed by atoms with Gasteiger partial charge in [-0.1, -0.05) is 32.5 Å². The minimum Gasteiger partial charge on any atom is -0.497 e. The van der Waals surface area contributed by atoms with Gasteiger partial charge in [-0.25, -0.2) is 9.97 Å². The first-order valence-corrected chi connectivity index (χ1v) is 12.7. The number of hydrogen-bond donors (Lipinski definition) is 1. The molecule has 170 valence electrons. The molecule has 2 aromatic heterocycles. The highest BCUT2D eigenvalue weighted by Gasteiger charge is 2.25. The first-order valence-electron chi connectivity index (χ1n) is 10.9. The number of nitrogens with one attached hydrogen (secondary N) is 1. The zero-order chi connectivity index (χ0) is 22.8. The number of carbonyl (C=O) groups is 1. The van der Waals surface area contributed by atoms with Crippen molar-refractivity contribution in [3.05, 3.63) is 34.5 Å². The molecule has 0 unspecified atom stereocenters. The van der Waals surface area contributed by atoms with Crippen molar-refractivity contribution in [1.29, 1.82) is 0 Å². The van der Waals surface area contributed by atoms with Crippen LogP contribution in [0, 0.1) is 5.92 Å². The zero-order valence-electron chi connectivity index (χ0n) is 19.2. The first-order chi connectivity index (χ1) is 15.4. The maximum atomic E-state index is 12.8. The fourth-order valence-electron chi connectivity index (χ4n) is 3.92. The fourth-order valence-corrected chi connectivity index (χ4v) is 6.24. The number of fused-ring (bicyclic) bond motifs is 3. The number of ether oxygens (including phenoxy) is 2. The van der Waals surface area contributed by atoms with Crippen LogP contribution >= 0.6 is 23.1 Å². The van der Waals surface area contributed by atoms with Crippen molar-refractivity contribution in [3.63, 3.8) is 0 Å². The highest BCUT2D eigenvalue weighted by atomic mass is 32.2. The topological polar surface area (TPSA) is 73.3 Å². The number of carbonyl (C=O) groups excluding carboxylic acids is 1. The van der Waals surface area contributed by atoms with E-state index in [4.69, 9.17) is 19.4 Å². The average Bonchev–Trinajstić information content (AvgIpc) is 3.14. The predicted octanol–water partition coefficient (Wildman–Crippen LogP) is 5.69. The molecule has 3 aromatic rings. The third-order valence-corrected chi connectivity index (χ3v) is 7.80. The lowest BCUT2D eigenvalue weighted by Crippen LogP contribution is -2.15. The van der Waals surface area contributed by atoms with Crippen LogP contribution in [-0.2, 0) is 17.6 Å². The molecule has 1 amide bonds. The van der Waals surface area contributed by atoms with E-state index in [9.17, 15) is 4.79 Å². The van der Waals surface area contributed by atoms with Crippen molar-refractivity contribution >= 4 is 44.9 Å². The molecule has 6 nitrogen and oxygen atoms in total. The third kappa shape index (κ3) is 4.71. The van der Waals surface area contributed by atoms with E-state index in [2.05, 4.69) is 26.1 Å². The van der Waals surface area contributed by atoms with Gasteiger partial charge in [-0.15, -0.1) is 11.3 Å². The summed E-state index contributed by atoms with van der Waals surface area (Å²) in [7, 11) is 3.18. The number of nitrogens with zero attached hydrogens (tertiary/aromatic N) is 2. The SMILES string of the molecule is COc1ccc(OC)c(NC(=O)CSc2nc(C(C)C)nc3sc4c(c23)CC[C@H](C)C4)c1. The first kappa shape index (κ1) is 22.9. The molecular weight excluding hydrogens is 442 g/mol. The molecule has 1 N–H and O–H groups in total. The van der Waals surface area contributed by atoms with Crippen molar-refractivity contribution in [2.24, 2.45) is 5.92 Å². The van der Waals surface area contributed by atoms with E-state index in [1.165, 1.54) is 28.6 Å². The maximum absolute atomic E-state index is 12.8. The van der Waals surface area contributed by atoms with Crippen molar-refractivity contribution in [1.82, 2.24) is 9.97 Å². The molecule has 0 radical (unpaired) electrons. The second-order valence-electron chi connectivity index (χ2n) is 8.48. The maximum Gasteiger partial charge on any atom is 0.234 e. The number of aryl methyl sites for hydroxylation is 1. The molecule has 0 saturated heterocycles. The minimum atomic E-state index is -0.114. The van der Waals surface area contributed by atoms with E-state index in [0.717, 1.165) is 33.9 Å². The summed E-state index contributed by atoms with van der Waals surface area (Å²) in [5, 5.41) is 5.01. The summed E-state index contributed by atoms with van der Waals surface area (Å²) in [5.41, 5.74) is 1.98. The molecule has 2 heterocycles. The number of methoxy groups -OCH3 is 2. The van der Waals surface area contributed by atoms with Gasteiger partial charge in [0.1, 0.15) is 27.2 Å². The Labute approximate surface area is 197 Å². The van der Waals surface area contributed by atoms with E-state index in [0.29, 0.717) is 23.1 Å². The molecule has 0 bridgehead atoms.